The van der Waals surface area contributed by atoms with Gasteiger partial charge in [-0.1, -0.05) is 6.07 Å². The maximum atomic E-state index is 11.7. The SMILES string of the molecule is CC1(C)C2CNCC2CN1CCn1ccccc1=O. The Labute approximate surface area is 114 Å². The van der Waals surface area contributed by atoms with E-state index in [0.29, 0.717) is 0 Å². The van der Waals surface area contributed by atoms with Gasteiger partial charge in [-0.3, -0.25) is 9.69 Å². The smallest absolute Gasteiger partial charge is 0.250 e. The molecule has 4 heteroatoms. The molecule has 0 bridgehead atoms. The van der Waals surface area contributed by atoms with Crippen molar-refractivity contribution in [2.24, 2.45) is 11.8 Å². The maximum absolute atomic E-state index is 11.7. The highest BCUT2D eigenvalue weighted by atomic mass is 16.1. The van der Waals surface area contributed by atoms with Gasteiger partial charge in [-0.05, 0) is 38.3 Å². The molecule has 2 aliphatic rings. The molecule has 0 radical (unpaired) electrons. The molecule has 2 atom stereocenters. The van der Waals surface area contributed by atoms with Gasteiger partial charge in [0.05, 0.1) is 0 Å². The molecule has 2 fully saturated rings. The lowest BCUT2D eigenvalue weighted by molar-refractivity contribution is 0.134. The predicted octanol–water partition coefficient (Wildman–Crippen LogP) is 0.778. The van der Waals surface area contributed by atoms with Gasteiger partial charge in [0, 0.05) is 44.0 Å². The highest BCUT2D eigenvalue weighted by molar-refractivity contribution is 5.04. The molecule has 3 rings (SSSR count). The van der Waals surface area contributed by atoms with Crippen LogP contribution in [-0.2, 0) is 6.54 Å². The van der Waals surface area contributed by atoms with E-state index in [1.165, 1.54) is 0 Å². The van der Waals surface area contributed by atoms with Crippen LogP contribution in [0.5, 0.6) is 0 Å². The van der Waals surface area contributed by atoms with Crippen LogP contribution in [0.2, 0.25) is 0 Å². The van der Waals surface area contributed by atoms with Crippen LogP contribution < -0.4 is 10.9 Å². The first-order valence-corrected chi connectivity index (χ1v) is 7.20. The molecule has 1 aromatic rings. The van der Waals surface area contributed by atoms with Gasteiger partial charge in [0.1, 0.15) is 0 Å². The van der Waals surface area contributed by atoms with Crippen molar-refractivity contribution in [2.45, 2.75) is 25.9 Å². The molecular formula is C15H23N3O. The van der Waals surface area contributed by atoms with Crippen LogP contribution in [-0.4, -0.2) is 41.2 Å². The van der Waals surface area contributed by atoms with Crippen molar-refractivity contribution >= 4 is 0 Å². The first-order chi connectivity index (χ1) is 9.09. The molecule has 0 amide bonds. The predicted molar refractivity (Wildman–Crippen MR) is 76.2 cm³/mol. The average molecular weight is 261 g/mol. The molecule has 1 N–H and O–H groups in total. The van der Waals surface area contributed by atoms with Crippen LogP contribution in [0.4, 0.5) is 0 Å². The van der Waals surface area contributed by atoms with E-state index in [1.807, 2.05) is 16.8 Å². The van der Waals surface area contributed by atoms with E-state index in [4.69, 9.17) is 0 Å². The molecule has 0 saturated carbocycles. The number of aromatic nitrogens is 1. The van der Waals surface area contributed by atoms with Crippen molar-refractivity contribution in [1.82, 2.24) is 14.8 Å². The summed E-state index contributed by atoms with van der Waals surface area (Å²) in [6.45, 7) is 9.89. The average Bonchev–Trinajstić information content (AvgIpc) is 2.92. The van der Waals surface area contributed by atoms with Crippen molar-refractivity contribution in [2.75, 3.05) is 26.2 Å². The molecular weight excluding hydrogens is 238 g/mol. The number of fused-ring (bicyclic) bond motifs is 1. The summed E-state index contributed by atoms with van der Waals surface area (Å²) in [6, 6.07) is 5.36. The number of hydrogen-bond acceptors (Lipinski definition) is 3. The van der Waals surface area contributed by atoms with Crippen molar-refractivity contribution in [1.29, 1.82) is 0 Å². The van der Waals surface area contributed by atoms with Crippen LogP contribution in [0.3, 0.4) is 0 Å². The number of nitrogens with one attached hydrogen (secondary N) is 1. The summed E-state index contributed by atoms with van der Waals surface area (Å²) in [6.07, 6.45) is 1.88. The lowest BCUT2D eigenvalue weighted by Crippen LogP contribution is -2.46. The van der Waals surface area contributed by atoms with E-state index in [-0.39, 0.29) is 11.1 Å². The Balaban J connectivity index is 1.68. The summed E-state index contributed by atoms with van der Waals surface area (Å²) in [5.74, 6) is 1.53. The quantitative estimate of drug-likeness (QED) is 0.873. The van der Waals surface area contributed by atoms with E-state index < -0.39 is 0 Å². The molecule has 19 heavy (non-hydrogen) atoms. The minimum absolute atomic E-state index is 0.0985. The standard InChI is InChI=1S/C15H23N3O/c1-15(2)13-10-16-9-12(13)11-18(15)8-7-17-6-4-3-5-14(17)19/h3-6,12-13,16H,7-11H2,1-2H3. The minimum atomic E-state index is 0.0985. The summed E-state index contributed by atoms with van der Waals surface area (Å²) >= 11 is 0. The van der Waals surface area contributed by atoms with E-state index >= 15 is 0 Å². The second-order valence-electron chi connectivity index (χ2n) is 6.36. The maximum Gasteiger partial charge on any atom is 0.250 e. The number of nitrogens with zero attached hydrogens (tertiary/aromatic N) is 2. The highest BCUT2D eigenvalue weighted by Crippen LogP contribution is 2.40. The molecule has 104 valence electrons. The monoisotopic (exact) mass is 261 g/mol. The van der Waals surface area contributed by atoms with Gasteiger partial charge < -0.3 is 9.88 Å². The van der Waals surface area contributed by atoms with Crippen LogP contribution in [0.25, 0.3) is 0 Å². The van der Waals surface area contributed by atoms with Crippen LogP contribution in [0.1, 0.15) is 13.8 Å². The van der Waals surface area contributed by atoms with Crippen molar-refractivity contribution < 1.29 is 0 Å². The first-order valence-electron chi connectivity index (χ1n) is 7.20. The fourth-order valence-corrected chi connectivity index (χ4v) is 3.76. The number of rotatable bonds is 3. The molecule has 0 aromatic carbocycles. The van der Waals surface area contributed by atoms with E-state index in [0.717, 1.165) is 44.6 Å². The number of pyridine rings is 1. The third kappa shape index (κ3) is 2.23. The Kier molecular flexibility index (Phi) is 3.23. The third-order valence-corrected chi connectivity index (χ3v) is 5.03. The molecule has 3 heterocycles. The Morgan fingerprint density at radius 2 is 2.16 bits per heavy atom. The molecule has 2 aliphatic heterocycles. The molecule has 0 spiro atoms. The summed E-state index contributed by atoms with van der Waals surface area (Å²) in [7, 11) is 0. The van der Waals surface area contributed by atoms with E-state index in [1.54, 1.807) is 12.1 Å². The lowest BCUT2D eigenvalue weighted by atomic mass is 9.85. The fourth-order valence-electron chi connectivity index (χ4n) is 3.76. The second kappa shape index (κ2) is 4.76. The fraction of sp³-hybridized carbons (Fsp3) is 0.667. The van der Waals surface area contributed by atoms with Gasteiger partial charge in [0.2, 0.25) is 0 Å². The topological polar surface area (TPSA) is 37.3 Å². The largest absolute Gasteiger partial charge is 0.316 e. The Hall–Kier alpha value is -1.13. The highest BCUT2D eigenvalue weighted by Gasteiger charge is 2.48. The third-order valence-electron chi connectivity index (χ3n) is 5.03. The zero-order valence-electron chi connectivity index (χ0n) is 11.8. The van der Waals surface area contributed by atoms with E-state index in [2.05, 4.69) is 24.1 Å². The van der Waals surface area contributed by atoms with Crippen molar-refractivity contribution in [3.63, 3.8) is 0 Å². The zero-order chi connectivity index (χ0) is 13.5. The zero-order valence-corrected chi connectivity index (χ0v) is 11.8. The second-order valence-corrected chi connectivity index (χ2v) is 6.36. The number of hydrogen-bond donors (Lipinski definition) is 1. The van der Waals surface area contributed by atoms with Crippen LogP contribution in [0, 0.1) is 11.8 Å². The number of likely N-dealkylation sites (tertiary alicyclic amines) is 1. The normalized spacial score (nSPS) is 29.6. The first kappa shape index (κ1) is 12.9. The Bertz CT molecular complexity index is 508. The summed E-state index contributed by atoms with van der Waals surface area (Å²) in [5.41, 5.74) is 0.341. The lowest BCUT2D eigenvalue weighted by Gasteiger charge is -2.35. The van der Waals surface area contributed by atoms with Gasteiger partial charge in [0.25, 0.3) is 5.56 Å². The van der Waals surface area contributed by atoms with Gasteiger partial charge in [-0.25, -0.2) is 0 Å². The molecule has 0 aliphatic carbocycles. The molecule has 4 nitrogen and oxygen atoms in total. The summed E-state index contributed by atoms with van der Waals surface area (Å²) in [5, 5.41) is 3.50. The molecule has 1 aromatic heterocycles. The van der Waals surface area contributed by atoms with Crippen LogP contribution >= 0.6 is 0 Å². The Morgan fingerprint density at radius 1 is 1.32 bits per heavy atom. The van der Waals surface area contributed by atoms with Gasteiger partial charge in [0.15, 0.2) is 0 Å². The van der Waals surface area contributed by atoms with Gasteiger partial charge in [-0.15, -0.1) is 0 Å². The van der Waals surface area contributed by atoms with Gasteiger partial charge in [-0.2, -0.15) is 0 Å². The van der Waals surface area contributed by atoms with Crippen molar-refractivity contribution in [3.05, 3.63) is 34.7 Å². The minimum Gasteiger partial charge on any atom is -0.316 e. The molecule has 2 saturated heterocycles. The van der Waals surface area contributed by atoms with E-state index in [9.17, 15) is 4.79 Å². The van der Waals surface area contributed by atoms with Crippen molar-refractivity contribution in [3.8, 4) is 0 Å². The Morgan fingerprint density at radius 3 is 2.89 bits per heavy atom. The molecule has 2 unspecified atom stereocenters. The summed E-state index contributed by atoms with van der Waals surface area (Å²) < 4.78 is 1.81. The van der Waals surface area contributed by atoms with Gasteiger partial charge >= 0.3 is 0 Å². The van der Waals surface area contributed by atoms with Crippen LogP contribution in [0.15, 0.2) is 29.2 Å². The summed E-state index contributed by atoms with van der Waals surface area (Å²) in [4.78, 5) is 14.3.